The van der Waals surface area contributed by atoms with E-state index in [-0.39, 0.29) is 29.4 Å². The van der Waals surface area contributed by atoms with Crippen molar-refractivity contribution in [3.8, 4) is 5.75 Å². The average molecular weight is 620 g/mol. The van der Waals surface area contributed by atoms with Crippen LogP contribution in [0.1, 0.15) is 82.5 Å². The highest BCUT2D eigenvalue weighted by Crippen LogP contribution is 2.52. The van der Waals surface area contributed by atoms with Crippen LogP contribution in [0.4, 0.5) is 27.9 Å². The fourth-order valence-electron chi connectivity index (χ4n) is 6.71. The molecule has 0 atom stereocenters. The van der Waals surface area contributed by atoms with Gasteiger partial charge in [-0.2, -0.15) is 4.98 Å². The van der Waals surface area contributed by atoms with Crippen molar-refractivity contribution >= 4 is 41.0 Å². The van der Waals surface area contributed by atoms with Gasteiger partial charge in [0.2, 0.25) is 11.9 Å². The van der Waals surface area contributed by atoms with Crippen LogP contribution >= 0.6 is 0 Å². The van der Waals surface area contributed by atoms with E-state index in [0.717, 1.165) is 37.2 Å². The second-order valence-electron chi connectivity index (χ2n) is 13.9. The van der Waals surface area contributed by atoms with Gasteiger partial charge in [0.05, 0.1) is 24.4 Å². The van der Waals surface area contributed by atoms with Gasteiger partial charge in [0, 0.05) is 44.3 Å². The lowest BCUT2D eigenvalue weighted by Gasteiger charge is -2.33. The third-order valence-corrected chi connectivity index (χ3v) is 9.43. The van der Waals surface area contributed by atoms with Crippen LogP contribution in [0.25, 0.3) is 0 Å². The SMILES string of the molecule is COc1cc(C(=O)NC2CCN(C(=O)OC(C)(C)C)CC2)ccc1Nc1ncc2c(n1)N(C1CCCC1)CC1(CC1)C(=O)N2C. The summed E-state index contributed by atoms with van der Waals surface area (Å²) in [6.45, 7) is 7.29. The molecule has 2 saturated carbocycles. The third-order valence-electron chi connectivity index (χ3n) is 9.43. The van der Waals surface area contributed by atoms with E-state index in [1.54, 1.807) is 41.3 Å². The lowest BCUT2D eigenvalue weighted by molar-refractivity contribution is -0.123. The maximum absolute atomic E-state index is 13.4. The molecular weight excluding hydrogens is 574 g/mol. The standard InChI is InChI=1S/C33H45N7O5/c1-32(2,3)45-31(43)39-16-12-22(13-17-39)35-28(41)21-10-11-24(26(18-21)44-5)36-30-34-19-25-27(37-30)40(23-8-6-7-9-23)20-33(14-15-33)29(42)38(25)4/h10-11,18-19,22-23H,6-9,12-17,20H2,1-5H3,(H,35,41)(H,34,36,37). The van der Waals surface area contributed by atoms with Crippen molar-refractivity contribution in [2.24, 2.45) is 5.41 Å². The first-order valence-corrected chi connectivity index (χ1v) is 16.1. The van der Waals surface area contributed by atoms with E-state index in [0.29, 0.717) is 61.5 Å². The van der Waals surface area contributed by atoms with Crippen LogP contribution in [0.5, 0.6) is 5.75 Å². The number of hydrogen-bond donors (Lipinski definition) is 2. The van der Waals surface area contributed by atoms with Gasteiger partial charge in [-0.05, 0) is 77.5 Å². The van der Waals surface area contributed by atoms with Crippen LogP contribution in [0, 0.1) is 5.41 Å². The molecule has 3 fully saturated rings. The van der Waals surface area contributed by atoms with E-state index in [4.69, 9.17) is 14.5 Å². The molecule has 0 radical (unpaired) electrons. The Labute approximate surface area is 264 Å². The van der Waals surface area contributed by atoms with Gasteiger partial charge in [0.15, 0.2) is 5.82 Å². The van der Waals surface area contributed by atoms with Crippen LogP contribution in [-0.2, 0) is 9.53 Å². The minimum absolute atomic E-state index is 0.0458. The molecular formula is C33H45N7O5. The van der Waals surface area contributed by atoms with E-state index >= 15 is 0 Å². The maximum Gasteiger partial charge on any atom is 0.410 e. The van der Waals surface area contributed by atoms with Crippen molar-refractivity contribution in [2.45, 2.75) is 89.8 Å². The summed E-state index contributed by atoms with van der Waals surface area (Å²) in [4.78, 5) is 54.2. The molecule has 1 spiro atoms. The molecule has 2 aliphatic carbocycles. The molecule has 3 amide bonds. The topological polar surface area (TPSA) is 129 Å². The number of aromatic nitrogens is 2. The fraction of sp³-hybridized carbons (Fsp3) is 0.606. The van der Waals surface area contributed by atoms with E-state index < -0.39 is 5.60 Å². The van der Waals surface area contributed by atoms with Gasteiger partial charge in [0.1, 0.15) is 17.0 Å². The summed E-state index contributed by atoms with van der Waals surface area (Å²) in [7, 11) is 3.39. The lowest BCUT2D eigenvalue weighted by Crippen LogP contribution is -2.47. The van der Waals surface area contributed by atoms with Crippen molar-refractivity contribution in [1.29, 1.82) is 0 Å². The number of nitrogens with one attached hydrogen (secondary N) is 2. The van der Waals surface area contributed by atoms with Crippen molar-refractivity contribution < 1.29 is 23.9 Å². The first kappa shape index (κ1) is 30.9. The number of carbonyl (C=O) groups is 3. The summed E-state index contributed by atoms with van der Waals surface area (Å²) in [6.07, 6.45) is 9.10. The Morgan fingerprint density at radius 1 is 1.07 bits per heavy atom. The molecule has 1 aromatic heterocycles. The van der Waals surface area contributed by atoms with Gasteiger partial charge in [-0.1, -0.05) is 12.8 Å². The van der Waals surface area contributed by atoms with Gasteiger partial charge in [0.25, 0.3) is 5.91 Å². The summed E-state index contributed by atoms with van der Waals surface area (Å²) in [5.74, 6) is 1.62. The summed E-state index contributed by atoms with van der Waals surface area (Å²) in [6, 6.07) is 5.55. The van der Waals surface area contributed by atoms with E-state index in [2.05, 4.69) is 20.5 Å². The third kappa shape index (κ3) is 6.50. The first-order valence-electron chi connectivity index (χ1n) is 16.1. The van der Waals surface area contributed by atoms with Crippen LogP contribution in [0.15, 0.2) is 24.4 Å². The number of methoxy groups -OCH3 is 1. The Kier molecular flexibility index (Phi) is 8.26. The number of carbonyl (C=O) groups excluding carboxylic acids is 3. The summed E-state index contributed by atoms with van der Waals surface area (Å²) >= 11 is 0. The number of ether oxygens (including phenoxy) is 2. The molecule has 12 heteroatoms. The monoisotopic (exact) mass is 619 g/mol. The van der Waals surface area contributed by atoms with Gasteiger partial charge >= 0.3 is 6.09 Å². The Hall–Kier alpha value is -4.09. The second-order valence-corrected chi connectivity index (χ2v) is 13.9. The molecule has 0 bridgehead atoms. The predicted molar refractivity (Wildman–Crippen MR) is 171 cm³/mol. The molecule has 0 unspecified atom stereocenters. The molecule has 2 N–H and O–H groups in total. The number of fused-ring (bicyclic) bond motifs is 1. The number of rotatable bonds is 6. The maximum atomic E-state index is 13.4. The zero-order valence-electron chi connectivity index (χ0n) is 27.0. The van der Waals surface area contributed by atoms with Crippen molar-refractivity contribution in [3.05, 3.63) is 30.0 Å². The molecule has 1 saturated heterocycles. The molecule has 2 aromatic rings. The highest BCUT2D eigenvalue weighted by molar-refractivity contribution is 6.03. The van der Waals surface area contributed by atoms with E-state index in [1.165, 1.54) is 12.8 Å². The largest absolute Gasteiger partial charge is 0.495 e. The first-order chi connectivity index (χ1) is 21.5. The predicted octanol–water partition coefficient (Wildman–Crippen LogP) is 4.86. The fourth-order valence-corrected chi connectivity index (χ4v) is 6.71. The highest BCUT2D eigenvalue weighted by atomic mass is 16.6. The smallest absolute Gasteiger partial charge is 0.410 e. The van der Waals surface area contributed by atoms with Crippen LogP contribution in [0.3, 0.4) is 0 Å². The molecule has 45 heavy (non-hydrogen) atoms. The minimum atomic E-state index is -0.542. The average Bonchev–Trinajstić information content (AvgIpc) is 3.62. The quantitative estimate of drug-likeness (QED) is 0.466. The number of benzene rings is 1. The van der Waals surface area contributed by atoms with Crippen molar-refractivity contribution in [1.82, 2.24) is 20.2 Å². The molecule has 1 aromatic carbocycles. The minimum Gasteiger partial charge on any atom is -0.495 e. The normalized spacial score (nSPS) is 20.1. The second kappa shape index (κ2) is 12.0. The Morgan fingerprint density at radius 3 is 2.42 bits per heavy atom. The van der Waals surface area contributed by atoms with E-state index in [1.807, 2.05) is 27.8 Å². The molecule has 12 nitrogen and oxygen atoms in total. The Balaban J connectivity index is 1.14. The Bertz CT molecular complexity index is 1460. The number of nitrogens with zero attached hydrogens (tertiary/aromatic N) is 5. The lowest BCUT2D eigenvalue weighted by atomic mass is 10.0. The molecule has 6 rings (SSSR count). The Morgan fingerprint density at radius 2 is 1.78 bits per heavy atom. The van der Waals surface area contributed by atoms with Gasteiger partial charge in [-0.25, -0.2) is 9.78 Å². The summed E-state index contributed by atoms with van der Waals surface area (Å²) in [5, 5.41) is 6.39. The van der Waals surface area contributed by atoms with Crippen LogP contribution in [0.2, 0.25) is 0 Å². The van der Waals surface area contributed by atoms with E-state index in [9.17, 15) is 14.4 Å². The molecule has 3 heterocycles. The highest BCUT2D eigenvalue weighted by Gasteiger charge is 2.55. The number of hydrogen-bond acceptors (Lipinski definition) is 9. The zero-order chi connectivity index (χ0) is 31.9. The number of anilines is 4. The summed E-state index contributed by atoms with van der Waals surface area (Å²) < 4.78 is 11.1. The van der Waals surface area contributed by atoms with Crippen molar-refractivity contribution in [2.75, 3.05) is 48.9 Å². The van der Waals surface area contributed by atoms with Gasteiger partial charge < -0.3 is 34.8 Å². The molecule has 2 aliphatic heterocycles. The molecule has 242 valence electrons. The van der Waals surface area contributed by atoms with Crippen molar-refractivity contribution in [3.63, 3.8) is 0 Å². The van der Waals surface area contributed by atoms with Crippen LogP contribution < -0.4 is 25.2 Å². The van der Waals surface area contributed by atoms with Crippen LogP contribution in [-0.4, -0.2) is 84.3 Å². The number of amides is 3. The molecule has 4 aliphatic rings. The zero-order valence-corrected chi connectivity index (χ0v) is 27.0. The van der Waals surface area contributed by atoms with Gasteiger partial charge in [-0.3, -0.25) is 9.59 Å². The summed E-state index contributed by atoms with van der Waals surface area (Å²) in [5.41, 5.74) is 0.971. The number of piperidine rings is 1. The number of likely N-dealkylation sites (tertiary alicyclic amines) is 1. The van der Waals surface area contributed by atoms with Gasteiger partial charge in [-0.15, -0.1) is 0 Å².